The van der Waals surface area contributed by atoms with Gasteiger partial charge in [0.2, 0.25) is 0 Å². The summed E-state index contributed by atoms with van der Waals surface area (Å²) < 4.78 is 16.6. The first kappa shape index (κ1) is 30.6. The molecule has 0 aromatic heterocycles. The Balaban J connectivity index is 1.22. The number of benzene rings is 2. The number of nitrogens with zero attached hydrogens (tertiary/aromatic N) is 1. The lowest BCUT2D eigenvalue weighted by molar-refractivity contribution is 0.00682. The molecule has 12 heteroatoms. The lowest BCUT2D eigenvalue weighted by Gasteiger charge is -2.38. The van der Waals surface area contributed by atoms with E-state index < -0.39 is 0 Å². The molecular formula is C29H38ClN5O6. The van der Waals surface area contributed by atoms with Gasteiger partial charge in [-0.05, 0) is 62.7 Å². The van der Waals surface area contributed by atoms with E-state index in [1.807, 2.05) is 0 Å². The van der Waals surface area contributed by atoms with Crippen LogP contribution in [0.4, 0.5) is 5.69 Å². The Morgan fingerprint density at radius 2 is 1.76 bits per heavy atom. The number of carbonyl (C=O) groups is 3. The van der Waals surface area contributed by atoms with Gasteiger partial charge < -0.3 is 35.9 Å². The second-order valence-electron chi connectivity index (χ2n) is 10.2. The van der Waals surface area contributed by atoms with Gasteiger partial charge in [-0.2, -0.15) is 0 Å². The smallest absolute Gasteiger partial charge is 0.338 e. The van der Waals surface area contributed by atoms with Crippen LogP contribution in [0, 0.1) is 0 Å². The van der Waals surface area contributed by atoms with Crippen LogP contribution >= 0.6 is 11.6 Å². The lowest BCUT2D eigenvalue weighted by Crippen LogP contribution is -2.55. The average Bonchev–Trinajstić information content (AvgIpc) is 2.99. The topological polar surface area (TPSA) is 144 Å². The van der Waals surface area contributed by atoms with E-state index in [2.05, 4.69) is 20.9 Å². The molecule has 2 saturated heterocycles. The summed E-state index contributed by atoms with van der Waals surface area (Å²) in [5.41, 5.74) is 7.37. The van der Waals surface area contributed by atoms with Crippen LogP contribution in [0.2, 0.25) is 5.02 Å². The van der Waals surface area contributed by atoms with Gasteiger partial charge in [0.05, 0.1) is 41.1 Å². The predicted molar refractivity (Wildman–Crippen MR) is 156 cm³/mol. The maximum Gasteiger partial charge on any atom is 0.338 e. The molecule has 2 aromatic rings. The molecule has 2 aliphatic heterocycles. The van der Waals surface area contributed by atoms with E-state index in [-0.39, 0.29) is 41.1 Å². The molecule has 5 N–H and O–H groups in total. The third-order valence-corrected chi connectivity index (χ3v) is 7.81. The Labute approximate surface area is 245 Å². The van der Waals surface area contributed by atoms with Crippen LogP contribution in [0.15, 0.2) is 36.4 Å². The maximum atomic E-state index is 13.0. The number of nitrogens with two attached hydrogens (primary N) is 1. The standard InChI is InChI=1S/C29H38ClN5O6/c1-39-25-16-23(31)22(30)15-21(25)28(37)34-24-9-13-35(17-26(24)40-2)14-12-33-27(36)18-3-5-19(6-4-18)29(38)41-20-7-10-32-11-8-20/h3-6,15-16,20,24,26,32H,7-14,17,31H2,1-2H3,(H,33,36)(H,34,37)/t24-,26+/m1/s1. The first-order valence-electron chi connectivity index (χ1n) is 13.8. The van der Waals surface area contributed by atoms with Gasteiger partial charge in [0.25, 0.3) is 11.8 Å². The number of nitrogen functional groups attached to an aromatic ring is 1. The molecule has 2 atom stereocenters. The molecule has 2 aromatic carbocycles. The summed E-state index contributed by atoms with van der Waals surface area (Å²) in [4.78, 5) is 40.2. The van der Waals surface area contributed by atoms with Crippen molar-refractivity contribution in [2.75, 3.05) is 59.2 Å². The van der Waals surface area contributed by atoms with Crippen LogP contribution in [-0.4, -0.2) is 94.4 Å². The number of nitrogens with one attached hydrogen (secondary N) is 3. The number of carbonyl (C=O) groups excluding carboxylic acids is 3. The first-order valence-corrected chi connectivity index (χ1v) is 14.2. The number of methoxy groups -OCH3 is 2. The van der Waals surface area contributed by atoms with Crippen LogP contribution in [0.3, 0.4) is 0 Å². The van der Waals surface area contributed by atoms with Gasteiger partial charge in [0, 0.05) is 44.9 Å². The summed E-state index contributed by atoms with van der Waals surface area (Å²) in [5, 5.41) is 9.48. The maximum absolute atomic E-state index is 13.0. The van der Waals surface area contributed by atoms with Crippen molar-refractivity contribution in [1.29, 1.82) is 0 Å². The zero-order valence-corrected chi connectivity index (χ0v) is 24.2. The molecular weight excluding hydrogens is 550 g/mol. The quantitative estimate of drug-likeness (QED) is 0.242. The summed E-state index contributed by atoms with van der Waals surface area (Å²) in [6.45, 7) is 4.04. The Kier molecular flexibility index (Phi) is 10.8. The lowest BCUT2D eigenvalue weighted by atomic mass is 10.0. The zero-order valence-electron chi connectivity index (χ0n) is 23.4. The van der Waals surface area contributed by atoms with Crippen molar-refractivity contribution in [3.05, 3.63) is 58.1 Å². The highest BCUT2D eigenvalue weighted by molar-refractivity contribution is 6.33. The molecule has 0 spiro atoms. The highest BCUT2D eigenvalue weighted by Crippen LogP contribution is 2.29. The number of piperidine rings is 2. The van der Waals surface area contributed by atoms with Crippen LogP contribution in [0.25, 0.3) is 0 Å². The van der Waals surface area contributed by atoms with Gasteiger partial charge in [-0.15, -0.1) is 0 Å². The average molecular weight is 588 g/mol. The van der Waals surface area contributed by atoms with Crippen LogP contribution in [0.1, 0.15) is 50.3 Å². The number of hydrogen-bond acceptors (Lipinski definition) is 9. The van der Waals surface area contributed by atoms with E-state index >= 15 is 0 Å². The minimum absolute atomic E-state index is 0.0721. The minimum atomic E-state index is -0.368. The van der Waals surface area contributed by atoms with Crippen molar-refractivity contribution in [2.45, 2.75) is 37.5 Å². The van der Waals surface area contributed by atoms with Crippen molar-refractivity contribution in [2.24, 2.45) is 0 Å². The Bertz CT molecular complexity index is 1220. The third kappa shape index (κ3) is 8.10. The molecule has 0 unspecified atom stereocenters. The van der Waals surface area contributed by atoms with Crippen molar-refractivity contribution in [1.82, 2.24) is 20.9 Å². The van der Waals surface area contributed by atoms with Crippen LogP contribution < -0.4 is 26.4 Å². The number of likely N-dealkylation sites (tertiary alicyclic amines) is 1. The Hall–Kier alpha value is -3.38. The second-order valence-corrected chi connectivity index (χ2v) is 10.6. The first-order chi connectivity index (χ1) is 19.8. The number of anilines is 1. The van der Waals surface area contributed by atoms with Crippen molar-refractivity contribution in [3.8, 4) is 5.75 Å². The van der Waals surface area contributed by atoms with Gasteiger partial charge in [-0.25, -0.2) is 4.79 Å². The molecule has 222 valence electrons. The highest BCUT2D eigenvalue weighted by Gasteiger charge is 2.31. The van der Waals surface area contributed by atoms with E-state index in [4.69, 9.17) is 31.5 Å². The third-order valence-electron chi connectivity index (χ3n) is 7.48. The summed E-state index contributed by atoms with van der Waals surface area (Å²) in [7, 11) is 3.08. The fourth-order valence-corrected chi connectivity index (χ4v) is 5.23. The molecule has 0 saturated carbocycles. The Morgan fingerprint density at radius 1 is 1.05 bits per heavy atom. The number of amides is 2. The minimum Gasteiger partial charge on any atom is -0.496 e. The number of rotatable bonds is 10. The van der Waals surface area contributed by atoms with Gasteiger partial charge in [-0.1, -0.05) is 11.6 Å². The summed E-state index contributed by atoms with van der Waals surface area (Å²) >= 11 is 6.12. The van der Waals surface area contributed by atoms with Gasteiger partial charge in [0.15, 0.2) is 0 Å². The molecule has 2 heterocycles. The fourth-order valence-electron chi connectivity index (χ4n) is 5.07. The predicted octanol–water partition coefficient (Wildman–Crippen LogP) is 2.09. The van der Waals surface area contributed by atoms with Crippen molar-refractivity contribution >= 4 is 35.1 Å². The Morgan fingerprint density at radius 3 is 2.44 bits per heavy atom. The molecule has 2 amide bonds. The van der Waals surface area contributed by atoms with E-state index in [0.717, 1.165) is 25.9 Å². The van der Waals surface area contributed by atoms with Crippen LogP contribution in [-0.2, 0) is 9.47 Å². The molecule has 0 bridgehead atoms. The van der Waals surface area contributed by atoms with E-state index in [1.165, 1.54) is 19.2 Å². The number of halogens is 1. The van der Waals surface area contributed by atoms with Crippen LogP contribution in [0.5, 0.6) is 5.75 Å². The SMILES string of the molecule is COc1cc(N)c(Cl)cc1C(=O)N[C@@H]1CCN(CCNC(=O)c2ccc(C(=O)OC3CCNCC3)cc2)C[C@@H]1OC. The molecule has 11 nitrogen and oxygen atoms in total. The van der Waals surface area contributed by atoms with Crippen molar-refractivity contribution < 1.29 is 28.6 Å². The largest absolute Gasteiger partial charge is 0.496 e. The summed E-state index contributed by atoms with van der Waals surface area (Å²) in [6, 6.07) is 9.32. The molecule has 0 radical (unpaired) electrons. The highest BCUT2D eigenvalue weighted by atomic mass is 35.5. The summed E-state index contributed by atoms with van der Waals surface area (Å²) in [5.74, 6) is -0.558. The molecule has 41 heavy (non-hydrogen) atoms. The number of ether oxygens (including phenoxy) is 3. The molecule has 2 fully saturated rings. The monoisotopic (exact) mass is 587 g/mol. The van der Waals surface area contributed by atoms with E-state index in [0.29, 0.717) is 60.7 Å². The fraction of sp³-hybridized carbons (Fsp3) is 0.483. The number of esters is 1. The van der Waals surface area contributed by atoms with E-state index in [9.17, 15) is 14.4 Å². The summed E-state index contributed by atoms with van der Waals surface area (Å²) in [6.07, 6.45) is 1.96. The molecule has 4 rings (SSSR count). The van der Waals surface area contributed by atoms with E-state index in [1.54, 1.807) is 31.4 Å². The molecule has 2 aliphatic rings. The molecule has 0 aliphatic carbocycles. The van der Waals surface area contributed by atoms with Gasteiger partial charge in [0.1, 0.15) is 11.9 Å². The normalized spacial score (nSPS) is 19.8. The van der Waals surface area contributed by atoms with Crippen molar-refractivity contribution in [3.63, 3.8) is 0 Å². The van der Waals surface area contributed by atoms with Gasteiger partial charge in [-0.3, -0.25) is 14.5 Å². The second kappa shape index (κ2) is 14.5. The zero-order chi connectivity index (χ0) is 29.4. The number of hydrogen-bond donors (Lipinski definition) is 4. The van der Waals surface area contributed by atoms with Gasteiger partial charge >= 0.3 is 5.97 Å².